The number of aryl methyl sites for hydroxylation is 2. The Morgan fingerprint density at radius 1 is 1.07 bits per heavy atom. The van der Waals surface area contributed by atoms with Crippen LogP contribution in [0.1, 0.15) is 36.1 Å². The standard InChI is InChI=1S/C22H26ClNO5/c1-5-28-21(26)12-19(16-6-8-17(27-4)9-7-16)24-20(25)13-29-18-10-14(2)22(23)15(3)11-18/h6-11,19H,5,12-13H2,1-4H3,(H,24,25)/t19-/m1/s1. The Morgan fingerprint density at radius 2 is 1.69 bits per heavy atom. The van der Waals surface area contributed by atoms with Gasteiger partial charge in [0.15, 0.2) is 6.61 Å². The Labute approximate surface area is 176 Å². The second-order valence-corrected chi connectivity index (χ2v) is 6.94. The molecule has 0 aromatic heterocycles. The van der Waals surface area contributed by atoms with Crippen LogP contribution in [0.5, 0.6) is 11.5 Å². The zero-order valence-electron chi connectivity index (χ0n) is 17.1. The molecule has 1 atom stereocenters. The molecule has 0 aliphatic heterocycles. The van der Waals surface area contributed by atoms with Crippen LogP contribution in [-0.4, -0.2) is 32.2 Å². The average Bonchev–Trinajstić information content (AvgIpc) is 2.70. The Morgan fingerprint density at radius 3 is 2.24 bits per heavy atom. The van der Waals surface area contributed by atoms with E-state index in [0.717, 1.165) is 16.7 Å². The quantitative estimate of drug-likeness (QED) is 0.618. The highest BCUT2D eigenvalue weighted by atomic mass is 35.5. The van der Waals surface area contributed by atoms with Crippen LogP contribution in [0.2, 0.25) is 5.02 Å². The van der Waals surface area contributed by atoms with Crippen molar-refractivity contribution in [1.29, 1.82) is 0 Å². The highest BCUT2D eigenvalue weighted by Crippen LogP contribution is 2.26. The van der Waals surface area contributed by atoms with Gasteiger partial charge in [-0.3, -0.25) is 9.59 Å². The normalized spacial score (nSPS) is 11.5. The fraction of sp³-hybridized carbons (Fsp3) is 0.364. The van der Waals surface area contributed by atoms with Gasteiger partial charge in [0.05, 0.1) is 26.2 Å². The van der Waals surface area contributed by atoms with Crippen LogP contribution in [0.3, 0.4) is 0 Å². The number of hydrogen-bond acceptors (Lipinski definition) is 5. The molecular formula is C22H26ClNO5. The minimum atomic E-state index is -0.537. The van der Waals surface area contributed by atoms with Crippen LogP contribution in [-0.2, 0) is 14.3 Å². The van der Waals surface area contributed by atoms with Gasteiger partial charge in [-0.2, -0.15) is 0 Å². The number of hydrogen-bond donors (Lipinski definition) is 1. The summed E-state index contributed by atoms with van der Waals surface area (Å²) in [4.78, 5) is 24.4. The molecule has 1 amide bonds. The van der Waals surface area contributed by atoms with Gasteiger partial charge >= 0.3 is 5.97 Å². The molecule has 2 rings (SSSR count). The summed E-state index contributed by atoms with van der Waals surface area (Å²) in [6.07, 6.45) is 0.0189. The summed E-state index contributed by atoms with van der Waals surface area (Å²) < 4.78 is 15.8. The molecule has 7 heteroatoms. The summed E-state index contributed by atoms with van der Waals surface area (Å²) in [5.41, 5.74) is 2.52. The van der Waals surface area contributed by atoms with E-state index in [4.69, 9.17) is 25.8 Å². The highest BCUT2D eigenvalue weighted by Gasteiger charge is 2.20. The Hall–Kier alpha value is -2.73. The fourth-order valence-corrected chi connectivity index (χ4v) is 2.96. The van der Waals surface area contributed by atoms with Crippen molar-refractivity contribution in [2.75, 3.05) is 20.3 Å². The second-order valence-electron chi connectivity index (χ2n) is 6.56. The monoisotopic (exact) mass is 419 g/mol. The first-order valence-corrected chi connectivity index (χ1v) is 9.70. The number of methoxy groups -OCH3 is 1. The van der Waals surface area contributed by atoms with Crippen molar-refractivity contribution in [3.05, 3.63) is 58.1 Å². The molecule has 0 aliphatic carbocycles. The van der Waals surface area contributed by atoms with Gasteiger partial charge in [-0.05, 0) is 61.7 Å². The summed E-state index contributed by atoms with van der Waals surface area (Å²) in [6, 6.07) is 10.2. The third-order valence-corrected chi connectivity index (χ3v) is 4.91. The SMILES string of the molecule is CCOC(=O)C[C@@H](NC(=O)COc1cc(C)c(Cl)c(C)c1)c1ccc(OC)cc1. The van der Waals surface area contributed by atoms with Crippen LogP contribution in [0, 0.1) is 13.8 Å². The zero-order valence-corrected chi connectivity index (χ0v) is 17.8. The Bertz CT molecular complexity index is 828. The first-order chi connectivity index (χ1) is 13.8. The highest BCUT2D eigenvalue weighted by molar-refractivity contribution is 6.32. The van der Waals surface area contributed by atoms with Crippen molar-refractivity contribution in [3.8, 4) is 11.5 Å². The van der Waals surface area contributed by atoms with Crippen molar-refractivity contribution in [1.82, 2.24) is 5.32 Å². The van der Waals surface area contributed by atoms with E-state index in [1.807, 2.05) is 13.8 Å². The van der Waals surface area contributed by atoms with Gasteiger partial charge in [0.2, 0.25) is 0 Å². The van der Waals surface area contributed by atoms with Crippen LogP contribution >= 0.6 is 11.6 Å². The number of nitrogens with one attached hydrogen (secondary N) is 1. The smallest absolute Gasteiger partial charge is 0.308 e. The predicted molar refractivity (Wildman–Crippen MR) is 112 cm³/mol. The first kappa shape index (κ1) is 22.6. The molecule has 0 heterocycles. The molecule has 156 valence electrons. The van der Waals surface area contributed by atoms with E-state index in [2.05, 4.69) is 5.32 Å². The molecule has 0 saturated heterocycles. The molecule has 0 fully saturated rings. The summed E-state index contributed by atoms with van der Waals surface area (Å²) in [6.45, 7) is 5.59. The fourth-order valence-electron chi connectivity index (χ4n) is 2.85. The molecule has 2 aromatic carbocycles. The van der Waals surface area contributed by atoms with Gasteiger partial charge in [-0.1, -0.05) is 23.7 Å². The molecule has 0 saturated carbocycles. The number of carbonyl (C=O) groups is 2. The number of rotatable bonds is 9. The van der Waals surface area contributed by atoms with Crippen molar-refractivity contribution >= 4 is 23.5 Å². The number of esters is 1. The summed E-state index contributed by atoms with van der Waals surface area (Å²) in [5, 5.41) is 3.52. The minimum Gasteiger partial charge on any atom is -0.497 e. The lowest BCUT2D eigenvalue weighted by molar-refractivity contribution is -0.143. The van der Waals surface area contributed by atoms with Crippen LogP contribution in [0.15, 0.2) is 36.4 Å². The maximum atomic E-state index is 12.5. The van der Waals surface area contributed by atoms with Crippen molar-refractivity contribution in [2.45, 2.75) is 33.2 Å². The summed E-state index contributed by atoms with van der Waals surface area (Å²) >= 11 is 6.16. The van der Waals surface area contributed by atoms with Crippen LogP contribution in [0.4, 0.5) is 0 Å². The second kappa shape index (κ2) is 10.7. The number of carbonyl (C=O) groups excluding carboxylic acids is 2. The molecule has 6 nitrogen and oxygen atoms in total. The number of halogens is 1. The summed E-state index contributed by atoms with van der Waals surface area (Å²) in [5.74, 6) is 0.511. The van der Waals surface area contributed by atoms with Gasteiger partial charge < -0.3 is 19.5 Å². The van der Waals surface area contributed by atoms with Gasteiger partial charge in [0.25, 0.3) is 5.91 Å². The van der Waals surface area contributed by atoms with Crippen LogP contribution in [0.25, 0.3) is 0 Å². The average molecular weight is 420 g/mol. The van der Waals surface area contributed by atoms with Gasteiger partial charge in [0.1, 0.15) is 11.5 Å². The number of ether oxygens (including phenoxy) is 3. The van der Waals surface area contributed by atoms with E-state index in [1.54, 1.807) is 50.4 Å². The lowest BCUT2D eigenvalue weighted by atomic mass is 10.0. The summed E-state index contributed by atoms with van der Waals surface area (Å²) in [7, 11) is 1.57. The van der Waals surface area contributed by atoms with Crippen molar-refractivity contribution in [3.63, 3.8) is 0 Å². The van der Waals surface area contributed by atoms with E-state index in [0.29, 0.717) is 16.5 Å². The first-order valence-electron chi connectivity index (χ1n) is 9.32. The number of amides is 1. The van der Waals surface area contributed by atoms with E-state index in [1.165, 1.54) is 0 Å². The molecule has 0 radical (unpaired) electrons. The Balaban J connectivity index is 2.06. The number of benzene rings is 2. The third-order valence-electron chi connectivity index (χ3n) is 4.31. The van der Waals surface area contributed by atoms with Gasteiger partial charge in [-0.15, -0.1) is 0 Å². The van der Waals surface area contributed by atoms with Crippen molar-refractivity contribution in [2.24, 2.45) is 0 Å². The topological polar surface area (TPSA) is 73.9 Å². The molecule has 29 heavy (non-hydrogen) atoms. The lowest BCUT2D eigenvalue weighted by Crippen LogP contribution is -2.34. The third kappa shape index (κ3) is 6.68. The molecule has 2 aromatic rings. The Kier molecular flexibility index (Phi) is 8.34. The largest absolute Gasteiger partial charge is 0.497 e. The molecule has 0 aliphatic rings. The maximum Gasteiger partial charge on any atom is 0.308 e. The van der Waals surface area contributed by atoms with E-state index in [9.17, 15) is 9.59 Å². The minimum absolute atomic E-state index is 0.0189. The van der Waals surface area contributed by atoms with Gasteiger partial charge in [-0.25, -0.2) is 0 Å². The van der Waals surface area contributed by atoms with E-state index in [-0.39, 0.29) is 25.5 Å². The predicted octanol–water partition coefficient (Wildman–Crippen LogP) is 4.15. The van der Waals surface area contributed by atoms with E-state index < -0.39 is 12.0 Å². The zero-order chi connectivity index (χ0) is 21.4. The van der Waals surface area contributed by atoms with Gasteiger partial charge in [0, 0.05) is 5.02 Å². The van der Waals surface area contributed by atoms with E-state index >= 15 is 0 Å². The molecular weight excluding hydrogens is 394 g/mol. The molecule has 1 N–H and O–H groups in total. The lowest BCUT2D eigenvalue weighted by Gasteiger charge is -2.19. The molecule has 0 bridgehead atoms. The maximum absolute atomic E-state index is 12.5. The van der Waals surface area contributed by atoms with Crippen molar-refractivity contribution < 1.29 is 23.8 Å². The molecule has 0 unspecified atom stereocenters. The molecule has 0 spiro atoms. The van der Waals surface area contributed by atoms with Crippen LogP contribution < -0.4 is 14.8 Å².